The van der Waals surface area contributed by atoms with Crippen LogP contribution >= 0.6 is 11.3 Å². The summed E-state index contributed by atoms with van der Waals surface area (Å²) in [4.78, 5) is 18.4. The minimum Gasteiger partial charge on any atom is -0.382 e. The lowest BCUT2D eigenvalue weighted by molar-refractivity contribution is 0.0949. The Morgan fingerprint density at radius 1 is 1.67 bits per heavy atom. The predicted molar refractivity (Wildman–Crippen MR) is 75.8 cm³/mol. The molecule has 1 aromatic rings. The molecule has 1 aromatic heterocycles. The molecule has 6 heteroatoms. The first-order chi connectivity index (χ1) is 8.49. The van der Waals surface area contributed by atoms with Crippen LogP contribution in [0, 0.1) is 12.3 Å². The number of carbonyl (C=O) groups excluding carboxylic acids is 1. The molecule has 0 aliphatic carbocycles. The first-order valence-electron chi connectivity index (χ1n) is 5.70. The largest absolute Gasteiger partial charge is 0.382 e. The summed E-state index contributed by atoms with van der Waals surface area (Å²) in [6.07, 6.45) is 7.02. The Kier molecular flexibility index (Phi) is 4.98. The van der Waals surface area contributed by atoms with Gasteiger partial charge in [0.1, 0.15) is 10.7 Å². The second-order valence-corrected chi connectivity index (χ2v) is 5.06. The number of thiazole rings is 1. The van der Waals surface area contributed by atoms with E-state index in [9.17, 15) is 4.79 Å². The number of hydrogen-bond acceptors (Lipinski definition) is 5. The van der Waals surface area contributed by atoms with Gasteiger partial charge in [-0.3, -0.25) is 4.79 Å². The molecule has 98 valence electrons. The van der Waals surface area contributed by atoms with Crippen molar-refractivity contribution in [1.29, 1.82) is 0 Å². The van der Waals surface area contributed by atoms with Crippen molar-refractivity contribution in [2.45, 2.75) is 25.8 Å². The molecular weight excluding hydrogens is 248 g/mol. The molecule has 0 fully saturated rings. The van der Waals surface area contributed by atoms with Gasteiger partial charge in [-0.25, -0.2) is 4.98 Å². The van der Waals surface area contributed by atoms with E-state index in [0.29, 0.717) is 10.0 Å². The van der Waals surface area contributed by atoms with Gasteiger partial charge in [0.25, 0.3) is 5.91 Å². The van der Waals surface area contributed by atoms with E-state index in [1.165, 1.54) is 11.3 Å². The van der Waals surface area contributed by atoms with Gasteiger partial charge in [0.05, 0.1) is 6.04 Å². The monoisotopic (exact) mass is 266 g/mol. The number of nitrogens with two attached hydrogens (primary N) is 1. The average molecular weight is 266 g/mol. The topological polar surface area (TPSA) is 71.2 Å². The van der Waals surface area contributed by atoms with Crippen LogP contribution in [0.2, 0.25) is 0 Å². The highest BCUT2D eigenvalue weighted by Crippen LogP contribution is 2.26. The van der Waals surface area contributed by atoms with Crippen LogP contribution in [0.1, 0.15) is 29.4 Å². The van der Waals surface area contributed by atoms with Gasteiger partial charge >= 0.3 is 0 Å². The summed E-state index contributed by atoms with van der Waals surface area (Å²) in [6, 6.07) is -0.258. The molecule has 0 bridgehead atoms. The number of carbonyl (C=O) groups is 1. The normalized spacial score (nSPS) is 11.7. The number of terminal acetylenes is 1. The SMILES string of the molecule is C#CC(CCC)NC(=O)c1sc(N(C)C)nc1N. The third-order valence-electron chi connectivity index (χ3n) is 2.31. The standard InChI is InChI=1S/C12H18N4OS/c1-5-7-8(6-2)14-11(17)9-10(13)15-12(18-9)16(3)4/h2,8H,5,7,13H2,1,3-4H3,(H,14,17). The highest BCUT2D eigenvalue weighted by atomic mass is 32.1. The zero-order valence-electron chi connectivity index (χ0n) is 10.9. The van der Waals surface area contributed by atoms with Crippen molar-refractivity contribution in [3.63, 3.8) is 0 Å². The van der Waals surface area contributed by atoms with Crippen molar-refractivity contribution < 1.29 is 4.79 Å². The highest BCUT2D eigenvalue weighted by molar-refractivity contribution is 7.18. The Hall–Kier alpha value is -1.74. The molecule has 1 heterocycles. The maximum Gasteiger partial charge on any atom is 0.266 e. The number of aromatic nitrogens is 1. The minimum absolute atomic E-state index is 0.244. The highest BCUT2D eigenvalue weighted by Gasteiger charge is 2.19. The number of nitrogens with one attached hydrogen (secondary N) is 1. The number of nitrogen functional groups attached to an aromatic ring is 1. The molecule has 0 saturated carbocycles. The summed E-state index contributed by atoms with van der Waals surface area (Å²) < 4.78 is 0. The number of anilines is 2. The van der Waals surface area contributed by atoms with E-state index in [4.69, 9.17) is 12.2 Å². The lowest BCUT2D eigenvalue weighted by Gasteiger charge is -2.10. The fourth-order valence-corrected chi connectivity index (χ4v) is 2.19. The van der Waals surface area contributed by atoms with Gasteiger partial charge in [0.15, 0.2) is 5.13 Å². The van der Waals surface area contributed by atoms with E-state index in [0.717, 1.165) is 12.8 Å². The Labute approximate surface area is 111 Å². The molecular formula is C12H18N4OS. The van der Waals surface area contributed by atoms with Gasteiger partial charge in [0.2, 0.25) is 0 Å². The maximum atomic E-state index is 12.0. The Bertz CT molecular complexity index is 461. The summed E-state index contributed by atoms with van der Waals surface area (Å²) in [7, 11) is 3.70. The summed E-state index contributed by atoms with van der Waals surface area (Å²) in [6.45, 7) is 2.02. The molecule has 1 amide bonds. The van der Waals surface area contributed by atoms with Crippen LogP contribution in [0.5, 0.6) is 0 Å². The van der Waals surface area contributed by atoms with Crippen LogP contribution < -0.4 is 16.0 Å². The molecule has 1 unspecified atom stereocenters. The summed E-state index contributed by atoms with van der Waals surface area (Å²) in [5.41, 5.74) is 5.73. The molecule has 5 nitrogen and oxygen atoms in total. The quantitative estimate of drug-likeness (QED) is 0.789. The van der Waals surface area contributed by atoms with Crippen molar-refractivity contribution in [3.8, 4) is 12.3 Å². The minimum atomic E-state index is -0.258. The summed E-state index contributed by atoms with van der Waals surface area (Å²) in [5, 5.41) is 3.47. The number of nitrogens with zero attached hydrogens (tertiary/aromatic N) is 2. The predicted octanol–water partition coefficient (Wildman–Crippen LogP) is 1.32. The first kappa shape index (κ1) is 14.3. The van der Waals surface area contributed by atoms with E-state index in [-0.39, 0.29) is 17.8 Å². The number of amides is 1. The maximum absolute atomic E-state index is 12.0. The molecule has 0 radical (unpaired) electrons. The molecule has 3 N–H and O–H groups in total. The fraction of sp³-hybridized carbons (Fsp3) is 0.500. The van der Waals surface area contributed by atoms with Crippen molar-refractivity contribution in [3.05, 3.63) is 4.88 Å². The smallest absolute Gasteiger partial charge is 0.266 e. The lowest BCUT2D eigenvalue weighted by Crippen LogP contribution is -2.33. The van der Waals surface area contributed by atoms with Crippen LogP contribution in [-0.2, 0) is 0 Å². The zero-order chi connectivity index (χ0) is 13.7. The second kappa shape index (κ2) is 6.26. The van der Waals surface area contributed by atoms with E-state index in [1.807, 2.05) is 25.9 Å². The first-order valence-corrected chi connectivity index (χ1v) is 6.51. The van der Waals surface area contributed by atoms with E-state index >= 15 is 0 Å². The van der Waals surface area contributed by atoms with Gasteiger partial charge in [0, 0.05) is 14.1 Å². The third kappa shape index (κ3) is 3.37. The van der Waals surface area contributed by atoms with Gasteiger partial charge in [-0.1, -0.05) is 30.6 Å². The van der Waals surface area contributed by atoms with Gasteiger partial charge < -0.3 is 16.0 Å². The molecule has 18 heavy (non-hydrogen) atoms. The summed E-state index contributed by atoms with van der Waals surface area (Å²) >= 11 is 1.26. The Morgan fingerprint density at radius 3 is 2.78 bits per heavy atom. The van der Waals surface area contributed by atoms with Gasteiger partial charge in [-0.05, 0) is 6.42 Å². The van der Waals surface area contributed by atoms with Crippen molar-refractivity contribution in [2.24, 2.45) is 0 Å². The molecule has 0 saturated heterocycles. The van der Waals surface area contributed by atoms with Crippen LogP contribution in [0.25, 0.3) is 0 Å². The van der Waals surface area contributed by atoms with E-state index in [1.54, 1.807) is 0 Å². The Balaban J connectivity index is 2.81. The number of rotatable bonds is 5. The molecule has 1 rings (SSSR count). The van der Waals surface area contributed by atoms with Gasteiger partial charge in [-0.15, -0.1) is 6.42 Å². The van der Waals surface area contributed by atoms with E-state index in [2.05, 4.69) is 16.2 Å². The molecule has 0 aliphatic heterocycles. The average Bonchev–Trinajstić information content (AvgIpc) is 2.71. The van der Waals surface area contributed by atoms with Crippen LogP contribution in [0.3, 0.4) is 0 Å². The fourth-order valence-electron chi connectivity index (χ4n) is 1.38. The van der Waals surface area contributed by atoms with Crippen LogP contribution in [-0.4, -0.2) is 31.0 Å². The second-order valence-electron chi connectivity index (χ2n) is 4.09. The van der Waals surface area contributed by atoms with Crippen LogP contribution in [0.4, 0.5) is 10.9 Å². The van der Waals surface area contributed by atoms with Crippen LogP contribution in [0.15, 0.2) is 0 Å². The molecule has 1 atom stereocenters. The van der Waals surface area contributed by atoms with E-state index < -0.39 is 0 Å². The molecule has 0 aromatic carbocycles. The van der Waals surface area contributed by atoms with Crippen molar-refractivity contribution in [2.75, 3.05) is 24.7 Å². The summed E-state index contributed by atoms with van der Waals surface area (Å²) in [5.74, 6) is 2.54. The number of hydrogen-bond donors (Lipinski definition) is 2. The molecule has 0 aliphatic rings. The van der Waals surface area contributed by atoms with Crippen molar-refractivity contribution in [1.82, 2.24) is 10.3 Å². The zero-order valence-corrected chi connectivity index (χ0v) is 11.7. The van der Waals surface area contributed by atoms with Crippen molar-refractivity contribution >= 4 is 28.2 Å². The third-order valence-corrected chi connectivity index (χ3v) is 3.55. The Morgan fingerprint density at radius 2 is 2.33 bits per heavy atom. The van der Waals surface area contributed by atoms with Gasteiger partial charge in [-0.2, -0.15) is 0 Å². The molecule has 0 spiro atoms. The lowest BCUT2D eigenvalue weighted by atomic mass is 10.2.